The molecule has 0 aromatic heterocycles. The van der Waals surface area contributed by atoms with E-state index in [1.165, 1.54) is 6.07 Å². The summed E-state index contributed by atoms with van der Waals surface area (Å²) >= 11 is 0. The Balaban J connectivity index is 1.99. The van der Waals surface area contributed by atoms with Gasteiger partial charge in [0.1, 0.15) is 19.4 Å². The zero-order chi connectivity index (χ0) is 13.0. The second kappa shape index (κ2) is 5.49. The largest absolute Gasteiger partial charge is 0.485 e. The van der Waals surface area contributed by atoms with Gasteiger partial charge in [0.05, 0.1) is 0 Å². The average Bonchev–Trinajstić information content (AvgIpc) is 2.41. The van der Waals surface area contributed by atoms with Crippen LogP contribution >= 0.6 is 0 Å². The van der Waals surface area contributed by atoms with Gasteiger partial charge in [0.15, 0.2) is 12.4 Å². The Morgan fingerprint density at radius 2 is 1.89 bits per heavy atom. The highest BCUT2D eigenvalue weighted by Gasteiger charge is 2.06. The minimum absolute atomic E-state index is 0.0908. The normalized spacial score (nSPS) is 10.1. The van der Waals surface area contributed by atoms with Gasteiger partial charge >= 0.3 is 0 Å². The zero-order valence-electron chi connectivity index (χ0n) is 10.0. The van der Waals surface area contributed by atoms with Gasteiger partial charge in [-0.1, -0.05) is 41.9 Å². The van der Waals surface area contributed by atoms with Crippen LogP contribution in [0.3, 0.4) is 0 Å². The minimum Gasteiger partial charge on any atom is -0.485 e. The third-order valence-electron chi connectivity index (χ3n) is 2.61. The predicted molar refractivity (Wildman–Crippen MR) is 70.8 cm³/mol. The first kappa shape index (κ1) is 12.4. The fourth-order valence-electron chi connectivity index (χ4n) is 1.52. The molecule has 0 saturated carbocycles. The summed E-state index contributed by atoms with van der Waals surface area (Å²) in [6.07, 6.45) is 0. The summed E-state index contributed by atoms with van der Waals surface area (Å²) in [7, 11) is 1.67. The Labute approximate surface area is 106 Å². The average molecular weight is 242 g/mol. The van der Waals surface area contributed by atoms with E-state index in [0.717, 1.165) is 0 Å². The van der Waals surface area contributed by atoms with Gasteiger partial charge < -0.3 is 4.74 Å². The molecule has 0 heterocycles. The van der Waals surface area contributed by atoms with Crippen LogP contribution < -0.4 is 10.2 Å². The van der Waals surface area contributed by atoms with E-state index in [4.69, 9.17) is 4.74 Å². The predicted octanol–water partition coefficient (Wildman–Crippen LogP) is 1.35. The zero-order valence-corrected chi connectivity index (χ0v) is 10.0. The lowest BCUT2D eigenvalue weighted by atomic mass is 9.96. The molecule has 2 rings (SSSR count). The first-order valence-electron chi connectivity index (χ1n) is 5.64. The summed E-state index contributed by atoms with van der Waals surface area (Å²) in [4.78, 5) is 11.8. The molecule has 0 fully saturated rings. The molecule has 18 heavy (non-hydrogen) atoms. The molecule has 2 nitrogen and oxygen atoms in total. The van der Waals surface area contributed by atoms with Crippen LogP contribution in [-0.4, -0.2) is 20.2 Å². The molecule has 0 spiro atoms. The monoisotopic (exact) mass is 242 g/mol. The molecule has 0 atom stereocenters. The maximum Gasteiger partial charge on any atom is 0.200 e. The fourth-order valence-corrected chi connectivity index (χ4v) is 1.52. The van der Waals surface area contributed by atoms with E-state index in [0.29, 0.717) is 16.8 Å². The molecule has 0 aliphatic rings. The van der Waals surface area contributed by atoms with Crippen LogP contribution in [0.5, 0.6) is 5.75 Å². The smallest absolute Gasteiger partial charge is 0.200 e. The van der Waals surface area contributed by atoms with Crippen LogP contribution in [0.4, 0.5) is 4.39 Å². The Bertz CT molecular complexity index is 555. The van der Waals surface area contributed by atoms with E-state index in [2.05, 4.69) is 0 Å². The summed E-state index contributed by atoms with van der Waals surface area (Å²) in [5.41, 5.74) is 1.14. The Kier molecular flexibility index (Phi) is 3.77. The number of hydrogen-bond donors (Lipinski definition) is 0. The number of Topliss-reactive ketones (excluding diaryl/α,β-unsaturated/α-hetero) is 1. The first-order valence-corrected chi connectivity index (χ1v) is 5.64. The lowest BCUT2D eigenvalue weighted by Crippen LogP contribution is -2.13. The van der Waals surface area contributed by atoms with Crippen molar-refractivity contribution in [2.24, 2.45) is 0 Å². The Morgan fingerprint density at radius 1 is 1.17 bits per heavy atom. The number of ether oxygens (including phenoxy) is 1. The van der Waals surface area contributed by atoms with Gasteiger partial charge in [-0.25, -0.2) is 4.39 Å². The van der Waals surface area contributed by atoms with Crippen LogP contribution in [-0.2, 0) is 0 Å². The van der Waals surface area contributed by atoms with Crippen LogP contribution in [0.1, 0.15) is 10.4 Å². The van der Waals surface area contributed by atoms with E-state index in [1.54, 1.807) is 44.2 Å². The summed E-state index contributed by atoms with van der Waals surface area (Å²) < 4.78 is 18.5. The van der Waals surface area contributed by atoms with Crippen LogP contribution in [0.15, 0.2) is 48.5 Å². The van der Waals surface area contributed by atoms with Gasteiger partial charge in [0.25, 0.3) is 0 Å². The molecule has 0 aliphatic carbocycles. The molecule has 0 aliphatic heterocycles. The number of rotatable bonds is 4. The standard InChI is InChI=1S/C14H12BFO2/c15-12-7-6-11(8-13(12)16)18-9-14(17)10-4-2-1-3-5-10/h1-8H,9,15H2. The van der Waals surface area contributed by atoms with Crippen LogP contribution in [0.2, 0.25) is 0 Å². The van der Waals surface area contributed by atoms with Gasteiger partial charge in [0.2, 0.25) is 0 Å². The molecule has 2 aromatic rings. The van der Waals surface area contributed by atoms with Crippen molar-refractivity contribution in [2.75, 3.05) is 6.61 Å². The van der Waals surface area contributed by atoms with E-state index >= 15 is 0 Å². The van der Waals surface area contributed by atoms with E-state index in [9.17, 15) is 9.18 Å². The highest BCUT2D eigenvalue weighted by Crippen LogP contribution is 2.11. The number of benzene rings is 2. The third-order valence-corrected chi connectivity index (χ3v) is 2.61. The van der Waals surface area contributed by atoms with Gasteiger partial charge in [-0.05, 0) is 6.07 Å². The van der Waals surface area contributed by atoms with Crippen molar-refractivity contribution in [3.63, 3.8) is 0 Å². The van der Waals surface area contributed by atoms with Crippen molar-refractivity contribution in [1.29, 1.82) is 0 Å². The molecule has 0 N–H and O–H groups in total. The summed E-state index contributed by atoms with van der Waals surface area (Å²) in [6.45, 7) is -0.0908. The van der Waals surface area contributed by atoms with Crippen molar-refractivity contribution >= 4 is 19.1 Å². The molecular weight excluding hydrogens is 230 g/mol. The SMILES string of the molecule is Bc1ccc(OCC(=O)c2ccccc2)cc1F. The Morgan fingerprint density at radius 3 is 2.56 bits per heavy atom. The van der Waals surface area contributed by atoms with Gasteiger partial charge in [-0.15, -0.1) is 0 Å². The lowest BCUT2D eigenvalue weighted by molar-refractivity contribution is 0.0921. The molecule has 0 saturated heterocycles. The van der Waals surface area contributed by atoms with Crippen molar-refractivity contribution < 1.29 is 13.9 Å². The molecule has 90 valence electrons. The molecule has 2 aromatic carbocycles. The van der Waals surface area contributed by atoms with E-state index in [1.807, 2.05) is 6.07 Å². The van der Waals surface area contributed by atoms with E-state index in [-0.39, 0.29) is 18.2 Å². The van der Waals surface area contributed by atoms with Crippen molar-refractivity contribution in [3.05, 3.63) is 59.9 Å². The van der Waals surface area contributed by atoms with Crippen LogP contribution in [0, 0.1) is 5.82 Å². The second-order valence-electron chi connectivity index (χ2n) is 3.99. The number of hydrogen-bond acceptors (Lipinski definition) is 2. The lowest BCUT2D eigenvalue weighted by Gasteiger charge is -2.06. The van der Waals surface area contributed by atoms with Crippen LogP contribution in [0.25, 0.3) is 0 Å². The Hall–Kier alpha value is -2.10. The maximum absolute atomic E-state index is 13.3. The highest BCUT2D eigenvalue weighted by molar-refractivity contribution is 6.32. The quantitative estimate of drug-likeness (QED) is 0.597. The minimum atomic E-state index is -0.334. The molecular formula is C14H12BFO2. The molecule has 0 bridgehead atoms. The molecule has 4 heteroatoms. The topological polar surface area (TPSA) is 26.3 Å². The number of halogens is 1. The molecule has 0 amide bonds. The summed E-state index contributed by atoms with van der Waals surface area (Å²) in [5.74, 6) is -0.0985. The van der Waals surface area contributed by atoms with Gasteiger partial charge in [0, 0.05) is 11.6 Å². The van der Waals surface area contributed by atoms with E-state index < -0.39 is 0 Å². The first-order chi connectivity index (χ1) is 8.66. The third kappa shape index (κ3) is 2.97. The number of ketones is 1. The number of carbonyl (C=O) groups excluding carboxylic acids is 1. The summed E-state index contributed by atoms with van der Waals surface area (Å²) in [6, 6.07) is 13.4. The molecule has 0 radical (unpaired) electrons. The number of carbonyl (C=O) groups is 1. The fraction of sp³-hybridized carbons (Fsp3) is 0.0714. The van der Waals surface area contributed by atoms with Gasteiger partial charge in [-0.3, -0.25) is 4.79 Å². The van der Waals surface area contributed by atoms with Crippen molar-refractivity contribution in [1.82, 2.24) is 0 Å². The van der Waals surface area contributed by atoms with Crippen molar-refractivity contribution in [3.8, 4) is 5.75 Å². The molecule has 0 unspecified atom stereocenters. The maximum atomic E-state index is 13.3. The highest BCUT2D eigenvalue weighted by atomic mass is 19.1. The van der Waals surface area contributed by atoms with Crippen molar-refractivity contribution in [2.45, 2.75) is 0 Å². The summed E-state index contributed by atoms with van der Waals surface area (Å²) in [5, 5.41) is 0. The van der Waals surface area contributed by atoms with Gasteiger partial charge in [-0.2, -0.15) is 0 Å². The second-order valence-corrected chi connectivity index (χ2v) is 3.99.